The molecule has 31 heavy (non-hydrogen) atoms. The van der Waals surface area contributed by atoms with Crippen LogP contribution in [0.1, 0.15) is 0 Å². The molecule has 0 radical (unpaired) electrons. The van der Waals surface area contributed by atoms with E-state index in [1.54, 1.807) is 22.7 Å². The van der Waals surface area contributed by atoms with E-state index in [4.69, 9.17) is 0 Å². The number of anilines is 1. The molecule has 9 nitrogen and oxygen atoms in total. The van der Waals surface area contributed by atoms with Crippen molar-refractivity contribution in [3.63, 3.8) is 0 Å². The highest BCUT2D eigenvalue weighted by Gasteiger charge is 2.22. The predicted octanol–water partition coefficient (Wildman–Crippen LogP) is 1.73. The lowest BCUT2D eigenvalue weighted by molar-refractivity contribution is -0.121. The molecule has 11 heteroatoms. The molecule has 0 atom stereocenters. The van der Waals surface area contributed by atoms with Gasteiger partial charge in [-0.3, -0.25) is 15.0 Å². The molecule has 2 aromatic heterocycles. The van der Waals surface area contributed by atoms with Crippen molar-refractivity contribution in [1.82, 2.24) is 30.1 Å². The number of aromatic nitrogens is 3. The van der Waals surface area contributed by atoms with Gasteiger partial charge < -0.3 is 10.2 Å². The molecular weight excluding hydrogens is 421 g/mol. The van der Waals surface area contributed by atoms with E-state index in [0.29, 0.717) is 19.6 Å². The van der Waals surface area contributed by atoms with E-state index in [1.807, 2.05) is 11.1 Å². The lowest BCUT2D eigenvalue weighted by Gasteiger charge is -2.33. The largest absolute Gasteiger partial charge is 0.344 e. The van der Waals surface area contributed by atoms with Crippen LogP contribution in [0.3, 0.4) is 0 Å². The summed E-state index contributed by atoms with van der Waals surface area (Å²) in [5.74, 6) is -0.617. The quantitative estimate of drug-likeness (QED) is 0.564. The van der Waals surface area contributed by atoms with Crippen LogP contribution in [0.2, 0.25) is 0 Å². The number of benzene rings is 1. The summed E-state index contributed by atoms with van der Waals surface area (Å²) in [6, 6.07) is 5.70. The Bertz CT molecular complexity index is 1060. The zero-order valence-corrected chi connectivity index (χ0v) is 17.6. The van der Waals surface area contributed by atoms with E-state index in [2.05, 4.69) is 32.2 Å². The summed E-state index contributed by atoms with van der Waals surface area (Å²) in [5, 5.41) is 10.3. The van der Waals surface area contributed by atoms with Gasteiger partial charge in [0.25, 0.3) is 0 Å². The van der Waals surface area contributed by atoms with Crippen LogP contribution in [0, 0.1) is 5.82 Å². The second kappa shape index (κ2) is 9.23. The van der Waals surface area contributed by atoms with Crippen LogP contribution in [0.25, 0.3) is 16.2 Å². The zero-order chi connectivity index (χ0) is 21.8. The number of fused-ring (bicyclic) bond motifs is 1. The van der Waals surface area contributed by atoms with E-state index < -0.39 is 6.03 Å². The molecule has 0 aliphatic carbocycles. The summed E-state index contributed by atoms with van der Waals surface area (Å²) >= 11 is 1.49. The molecule has 0 unspecified atom stereocenters. The average molecular weight is 444 g/mol. The van der Waals surface area contributed by atoms with Gasteiger partial charge in [0.2, 0.25) is 16.0 Å². The highest BCUT2D eigenvalue weighted by Crippen LogP contribution is 2.27. The fourth-order valence-corrected chi connectivity index (χ4v) is 4.19. The minimum Gasteiger partial charge on any atom is -0.344 e. The van der Waals surface area contributed by atoms with E-state index >= 15 is 0 Å². The number of hydrogen-bond donors (Lipinski definition) is 2. The maximum Gasteiger partial charge on any atom is 0.321 e. The fraction of sp³-hybridized carbons (Fsp3) is 0.300. The number of urea groups is 1. The molecule has 162 valence electrons. The van der Waals surface area contributed by atoms with Gasteiger partial charge in [-0.15, -0.1) is 11.7 Å². The molecule has 3 amide bonds. The minimum absolute atomic E-state index is 0.164. The monoisotopic (exact) mass is 443 g/mol. The number of piperazine rings is 1. The number of rotatable bonds is 6. The van der Waals surface area contributed by atoms with Gasteiger partial charge >= 0.3 is 6.03 Å². The van der Waals surface area contributed by atoms with Gasteiger partial charge in [0, 0.05) is 38.3 Å². The summed E-state index contributed by atoms with van der Waals surface area (Å²) in [7, 11) is 0. The first-order valence-electron chi connectivity index (χ1n) is 9.80. The number of amides is 3. The van der Waals surface area contributed by atoms with Gasteiger partial charge in [-0.2, -0.15) is 0 Å². The van der Waals surface area contributed by atoms with Crippen LogP contribution in [0.4, 0.5) is 14.3 Å². The zero-order valence-electron chi connectivity index (χ0n) is 16.8. The molecule has 3 aromatic rings. The molecule has 1 aromatic carbocycles. The minimum atomic E-state index is -0.519. The third-order valence-electron chi connectivity index (χ3n) is 4.84. The standard InChI is InChI=1S/C20H22FN7O2S/c1-2-7-22-18(30)24-17(29)13-26-8-10-27(11-9-26)20-25-28-12-16(23-19(28)31-20)14-3-5-15(21)6-4-14/h2-6,12H,1,7-11,13H2,(H2,22,24,29,30). The van der Waals surface area contributed by atoms with E-state index in [1.165, 1.54) is 23.5 Å². The number of carbonyl (C=O) groups is 2. The second-order valence-electron chi connectivity index (χ2n) is 7.05. The van der Waals surface area contributed by atoms with E-state index in [9.17, 15) is 14.0 Å². The smallest absolute Gasteiger partial charge is 0.321 e. The van der Waals surface area contributed by atoms with Gasteiger partial charge in [-0.1, -0.05) is 17.4 Å². The molecule has 3 heterocycles. The van der Waals surface area contributed by atoms with Crippen molar-refractivity contribution in [2.24, 2.45) is 0 Å². The molecular formula is C20H22FN7O2S. The Labute approximate surface area is 182 Å². The Hall–Kier alpha value is -3.31. The number of imide groups is 1. The summed E-state index contributed by atoms with van der Waals surface area (Å²) in [6.07, 6.45) is 3.38. The van der Waals surface area contributed by atoms with Crippen LogP contribution < -0.4 is 15.5 Å². The fourth-order valence-electron chi connectivity index (χ4n) is 3.25. The van der Waals surface area contributed by atoms with Crippen LogP contribution in [0.15, 0.2) is 43.1 Å². The van der Waals surface area contributed by atoms with Crippen LogP contribution in [-0.4, -0.2) is 70.7 Å². The summed E-state index contributed by atoms with van der Waals surface area (Å²) < 4.78 is 14.9. The number of imidazole rings is 1. The maximum absolute atomic E-state index is 13.1. The van der Waals surface area contributed by atoms with Crippen molar-refractivity contribution in [2.75, 3.05) is 44.2 Å². The Kier molecular flexibility index (Phi) is 6.23. The molecule has 1 aliphatic heterocycles. The molecule has 1 saturated heterocycles. The van der Waals surface area contributed by atoms with Crippen LogP contribution in [-0.2, 0) is 4.79 Å². The highest BCUT2D eigenvalue weighted by molar-refractivity contribution is 7.20. The van der Waals surface area contributed by atoms with Crippen molar-refractivity contribution < 1.29 is 14.0 Å². The molecule has 0 saturated carbocycles. The van der Waals surface area contributed by atoms with Gasteiger partial charge in [0.1, 0.15) is 5.82 Å². The first-order chi connectivity index (χ1) is 15.0. The van der Waals surface area contributed by atoms with Crippen molar-refractivity contribution in [3.8, 4) is 11.3 Å². The van der Waals surface area contributed by atoms with Crippen molar-refractivity contribution in [2.45, 2.75) is 0 Å². The van der Waals surface area contributed by atoms with Crippen molar-refractivity contribution in [3.05, 3.63) is 48.9 Å². The van der Waals surface area contributed by atoms with Gasteiger partial charge in [0.05, 0.1) is 18.4 Å². The summed E-state index contributed by atoms with van der Waals surface area (Å²) in [6.45, 7) is 6.79. The molecule has 0 spiro atoms. The Morgan fingerprint density at radius 2 is 1.94 bits per heavy atom. The van der Waals surface area contributed by atoms with E-state index in [-0.39, 0.29) is 18.3 Å². The van der Waals surface area contributed by atoms with Gasteiger partial charge in [-0.25, -0.2) is 18.7 Å². The lowest BCUT2D eigenvalue weighted by Crippen LogP contribution is -2.51. The number of carbonyl (C=O) groups excluding carboxylic acids is 2. The SMILES string of the molecule is C=CCNC(=O)NC(=O)CN1CCN(c2nn3cc(-c4ccc(F)cc4)nc3s2)CC1. The Morgan fingerprint density at radius 3 is 2.61 bits per heavy atom. The van der Waals surface area contributed by atoms with Gasteiger partial charge in [0.15, 0.2) is 0 Å². The lowest BCUT2D eigenvalue weighted by atomic mass is 10.2. The molecule has 1 aliphatic rings. The first kappa shape index (κ1) is 20.9. The second-order valence-corrected chi connectivity index (χ2v) is 7.99. The predicted molar refractivity (Wildman–Crippen MR) is 117 cm³/mol. The number of nitrogens with zero attached hydrogens (tertiary/aromatic N) is 5. The van der Waals surface area contributed by atoms with Gasteiger partial charge in [-0.05, 0) is 24.3 Å². The summed E-state index contributed by atoms with van der Waals surface area (Å²) in [4.78, 5) is 33.0. The van der Waals surface area contributed by atoms with Crippen LogP contribution >= 0.6 is 11.3 Å². The third kappa shape index (κ3) is 5.06. The normalized spacial score (nSPS) is 14.5. The third-order valence-corrected chi connectivity index (χ3v) is 5.83. The van der Waals surface area contributed by atoms with E-state index in [0.717, 1.165) is 34.4 Å². The molecule has 0 bridgehead atoms. The number of nitrogens with one attached hydrogen (secondary N) is 2. The average Bonchev–Trinajstić information content (AvgIpc) is 3.33. The van der Waals surface area contributed by atoms with Crippen molar-refractivity contribution in [1.29, 1.82) is 0 Å². The number of hydrogen-bond acceptors (Lipinski definition) is 7. The number of halogens is 1. The topological polar surface area (TPSA) is 94.9 Å². The highest BCUT2D eigenvalue weighted by atomic mass is 32.1. The molecule has 2 N–H and O–H groups in total. The first-order valence-corrected chi connectivity index (χ1v) is 10.6. The maximum atomic E-state index is 13.1. The summed E-state index contributed by atoms with van der Waals surface area (Å²) in [5.41, 5.74) is 1.59. The van der Waals surface area contributed by atoms with Crippen molar-refractivity contribution >= 4 is 33.4 Å². The van der Waals surface area contributed by atoms with Crippen LogP contribution in [0.5, 0.6) is 0 Å². The molecule has 1 fully saturated rings. The Morgan fingerprint density at radius 1 is 1.19 bits per heavy atom. The molecule has 4 rings (SSSR count). The Balaban J connectivity index is 1.31.